The molecular formula is C22H21NO5Si. The molecule has 3 aromatic heterocycles. The van der Waals surface area contributed by atoms with Crippen LogP contribution in [0.2, 0.25) is 19.6 Å². The summed E-state index contributed by atoms with van der Waals surface area (Å²) in [7, 11) is -1.59. The van der Waals surface area contributed by atoms with Gasteiger partial charge in [-0.2, -0.15) is 0 Å². The summed E-state index contributed by atoms with van der Waals surface area (Å²) < 4.78 is 16.6. The first kappa shape index (κ1) is 19.0. The highest BCUT2D eigenvalue weighted by Crippen LogP contribution is 2.36. The lowest BCUT2D eigenvalue weighted by Gasteiger charge is -2.16. The molecule has 0 radical (unpaired) electrons. The standard InChI is InChI=1S/C22H21NO5Si/c1-29(2,3)22-14-28-13-21(22)20-12-27-11-19(20)18-10-26-9-16(18)8-15-4-6-17(7-5-15)23(24)25/h4-7,9-14H,8H2,1-3H3. The molecule has 4 rings (SSSR count). The van der Waals surface area contributed by atoms with E-state index in [0.717, 1.165) is 33.4 Å². The van der Waals surface area contributed by atoms with Crippen molar-refractivity contribution in [1.82, 2.24) is 0 Å². The number of furan rings is 3. The lowest BCUT2D eigenvalue weighted by molar-refractivity contribution is -0.384. The largest absolute Gasteiger partial charge is 0.472 e. The van der Waals surface area contributed by atoms with Gasteiger partial charge in [0, 0.05) is 46.4 Å². The molecule has 6 nitrogen and oxygen atoms in total. The third-order valence-corrected chi connectivity index (χ3v) is 7.00. The molecule has 0 saturated heterocycles. The summed E-state index contributed by atoms with van der Waals surface area (Å²) in [5.74, 6) is 0. The van der Waals surface area contributed by atoms with Crippen LogP contribution in [0.15, 0.2) is 75.1 Å². The second-order valence-electron chi connectivity index (χ2n) is 8.06. The van der Waals surface area contributed by atoms with Crippen LogP contribution in [0.5, 0.6) is 0 Å². The van der Waals surface area contributed by atoms with Crippen LogP contribution in [0.1, 0.15) is 11.1 Å². The minimum Gasteiger partial charge on any atom is -0.472 e. The van der Waals surface area contributed by atoms with Gasteiger partial charge >= 0.3 is 0 Å². The van der Waals surface area contributed by atoms with Crippen LogP contribution < -0.4 is 5.19 Å². The van der Waals surface area contributed by atoms with Gasteiger partial charge in [0.25, 0.3) is 5.69 Å². The Kier molecular flexibility index (Phi) is 4.75. The molecular weight excluding hydrogens is 386 g/mol. The Balaban J connectivity index is 1.69. The van der Waals surface area contributed by atoms with E-state index in [1.807, 2.05) is 6.26 Å². The number of hydrogen-bond acceptors (Lipinski definition) is 5. The van der Waals surface area contributed by atoms with Crippen LogP contribution in [0, 0.1) is 10.1 Å². The number of nitro benzene ring substituents is 1. The first-order chi connectivity index (χ1) is 13.8. The molecule has 0 atom stereocenters. The van der Waals surface area contributed by atoms with Crippen molar-refractivity contribution in [2.75, 3.05) is 0 Å². The zero-order valence-electron chi connectivity index (χ0n) is 16.5. The Bertz CT molecular complexity index is 1140. The highest BCUT2D eigenvalue weighted by Gasteiger charge is 2.26. The Labute approximate surface area is 168 Å². The van der Waals surface area contributed by atoms with E-state index in [0.29, 0.717) is 6.42 Å². The van der Waals surface area contributed by atoms with Gasteiger partial charge < -0.3 is 13.3 Å². The fourth-order valence-corrected chi connectivity index (χ4v) is 4.88. The highest BCUT2D eigenvalue weighted by atomic mass is 28.3. The van der Waals surface area contributed by atoms with Crippen LogP contribution in [0.3, 0.4) is 0 Å². The normalized spacial score (nSPS) is 11.7. The number of nitro groups is 1. The van der Waals surface area contributed by atoms with Gasteiger partial charge in [0.2, 0.25) is 0 Å². The van der Waals surface area contributed by atoms with Crippen LogP contribution in [-0.4, -0.2) is 13.0 Å². The Hall–Kier alpha value is -3.32. The van der Waals surface area contributed by atoms with Crippen LogP contribution >= 0.6 is 0 Å². The van der Waals surface area contributed by atoms with E-state index in [-0.39, 0.29) is 5.69 Å². The zero-order chi connectivity index (χ0) is 20.6. The number of benzene rings is 1. The zero-order valence-corrected chi connectivity index (χ0v) is 17.5. The first-order valence-corrected chi connectivity index (χ1v) is 12.8. The van der Waals surface area contributed by atoms with E-state index < -0.39 is 13.0 Å². The second kappa shape index (κ2) is 7.25. The van der Waals surface area contributed by atoms with Crippen molar-refractivity contribution in [3.8, 4) is 22.3 Å². The fourth-order valence-electron chi connectivity index (χ4n) is 3.45. The molecule has 0 fully saturated rings. The SMILES string of the molecule is C[Si](C)(C)c1cocc1-c1cocc1-c1cocc1Cc1ccc([N+](=O)[O-])cc1. The minimum atomic E-state index is -1.59. The number of rotatable bonds is 6. The van der Waals surface area contributed by atoms with Crippen LogP contribution in [0.25, 0.3) is 22.3 Å². The average Bonchev–Trinajstić information content (AvgIpc) is 3.40. The van der Waals surface area contributed by atoms with Crippen molar-refractivity contribution in [2.45, 2.75) is 26.1 Å². The van der Waals surface area contributed by atoms with E-state index in [1.165, 1.54) is 17.3 Å². The maximum Gasteiger partial charge on any atom is 0.269 e. The topological polar surface area (TPSA) is 82.6 Å². The van der Waals surface area contributed by atoms with Gasteiger partial charge in [-0.05, 0) is 10.8 Å². The molecule has 0 aliphatic carbocycles. The maximum atomic E-state index is 10.9. The van der Waals surface area contributed by atoms with Gasteiger partial charge in [-0.1, -0.05) is 31.8 Å². The monoisotopic (exact) mass is 407 g/mol. The quantitative estimate of drug-likeness (QED) is 0.228. The van der Waals surface area contributed by atoms with E-state index in [9.17, 15) is 10.1 Å². The lowest BCUT2D eigenvalue weighted by atomic mass is 9.96. The fraction of sp³-hybridized carbons (Fsp3) is 0.182. The summed E-state index contributed by atoms with van der Waals surface area (Å²) >= 11 is 0. The molecule has 0 amide bonds. The maximum absolute atomic E-state index is 10.9. The van der Waals surface area contributed by atoms with E-state index in [2.05, 4.69) is 19.6 Å². The Morgan fingerprint density at radius 3 is 2.00 bits per heavy atom. The molecule has 0 aliphatic heterocycles. The Morgan fingerprint density at radius 1 is 0.793 bits per heavy atom. The van der Waals surface area contributed by atoms with E-state index in [4.69, 9.17) is 13.3 Å². The Morgan fingerprint density at radius 2 is 1.34 bits per heavy atom. The highest BCUT2D eigenvalue weighted by molar-refractivity contribution is 6.89. The smallest absolute Gasteiger partial charge is 0.269 e. The molecule has 0 spiro atoms. The van der Waals surface area contributed by atoms with Gasteiger partial charge in [-0.3, -0.25) is 10.1 Å². The van der Waals surface area contributed by atoms with Crippen molar-refractivity contribution >= 4 is 18.9 Å². The van der Waals surface area contributed by atoms with Crippen molar-refractivity contribution in [1.29, 1.82) is 0 Å². The second-order valence-corrected chi connectivity index (χ2v) is 13.1. The molecule has 0 saturated carbocycles. The van der Waals surface area contributed by atoms with Crippen molar-refractivity contribution < 1.29 is 18.2 Å². The van der Waals surface area contributed by atoms with Gasteiger partial charge in [0.05, 0.1) is 50.6 Å². The molecule has 0 bridgehead atoms. The molecule has 0 unspecified atom stereocenters. The third-order valence-electron chi connectivity index (χ3n) is 5.00. The molecule has 148 valence electrons. The van der Waals surface area contributed by atoms with Gasteiger partial charge in [0.15, 0.2) is 0 Å². The van der Waals surface area contributed by atoms with E-state index >= 15 is 0 Å². The lowest BCUT2D eigenvalue weighted by Crippen LogP contribution is -2.37. The molecule has 0 aliphatic rings. The van der Waals surface area contributed by atoms with Crippen molar-refractivity contribution in [3.05, 3.63) is 83.1 Å². The summed E-state index contributed by atoms with van der Waals surface area (Å²) in [6, 6.07) is 6.57. The molecule has 7 heteroatoms. The summed E-state index contributed by atoms with van der Waals surface area (Å²) in [5.41, 5.74) is 5.94. The minimum absolute atomic E-state index is 0.0807. The van der Waals surface area contributed by atoms with E-state index in [1.54, 1.807) is 43.4 Å². The molecule has 0 N–H and O–H groups in total. The summed E-state index contributed by atoms with van der Waals surface area (Å²) in [4.78, 5) is 10.5. The predicted molar refractivity (Wildman–Crippen MR) is 113 cm³/mol. The van der Waals surface area contributed by atoms with Crippen molar-refractivity contribution in [2.24, 2.45) is 0 Å². The molecule has 29 heavy (non-hydrogen) atoms. The van der Waals surface area contributed by atoms with Gasteiger partial charge in [-0.25, -0.2) is 0 Å². The molecule has 3 heterocycles. The summed E-state index contributed by atoms with van der Waals surface area (Å²) in [6.07, 6.45) is 11.1. The van der Waals surface area contributed by atoms with Gasteiger partial charge in [0.1, 0.15) is 0 Å². The number of non-ortho nitro benzene ring substituents is 1. The first-order valence-electron chi connectivity index (χ1n) is 9.26. The van der Waals surface area contributed by atoms with Crippen LogP contribution in [-0.2, 0) is 6.42 Å². The summed E-state index contributed by atoms with van der Waals surface area (Å²) in [5, 5.41) is 12.1. The average molecular weight is 407 g/mol. The van der Waals surface area contributed by atoms with Crippen LogP contribution in [0.4, 0.5) is 5.69 Å². The summed E-state index contributed by atoms with van der Waals surface area (Å²) in [6.45, 7) is 6.83. The van der Waals surface area contributed by atoms with Crippen molar-refractivity contribution in [3.63, 3.8) is 0 Å². The predicted octanol–water partition coefficient (Wildman–Crippen LogP) is 5.84. The van der Waals surface area contributed by atoms with Gasteiger partial charge in [-0.15, -0.1) is 0 Å². The molecule has 1 aromatic carbocycles. The third kappa shape index (κ3) is 3.69. The number of hydrogen-bond donors (Lipinski definition) is 0. The number of nitrogens with zero attached hydrogens (tertiary/aromatic N) is 1. The molecule has 4 aromatic rings.